The molecule has 0 amide bonds. The van der Waals surface area contributed by atoms with Crippen LogP contribution in [0.5, 0.6) is 0 Å². The van der Waals surface area contributed by atoms with E-state index in [1.165, 1.54) is 25.3 Å². The van der Waals surface area contributed by atoms with Crippen LogP contribution in [-0.4, -0.2) is 49.2 Å². The van der Waals surface area contributed by atoms with E-state index in [4.69, 9.17) is 0 Å². The van der Waals surface area contributed by atoms with Crippen LogP contribution in [0.15, 0.2) is 18.3 Å². The van der Waals surface area contributed by atoms with E-state index in [-0.39, 0.29) is 0 Å². The Morgan fingerprint density at radius 1 is 1.25 bits per heavy atom. The van der Waals surface area contributed by atoms with E-state index >= 15 is 0 Å². The maximum atomic E-state index is 4.43. The fourth-order valence-corrected chi connectivity index (χ4v) is 2.72. The van der Waals surface area contributed by atoms with Crippen molar-refractivity contribution in [1.82, 2.24) is 15.2 Å². The zero-order valence-corrected chi connectivity index (χ0v) is 13.1. The number of rotatable bonds is 6. The van der Waals surface area contributed by atoms with Gasteiger partial charge in [-0.15, -0.1) is 0 Å². The van der Waals surface area contributed by atoms with Gasteiger partial charge in [0.05, 0.1) is 5.69 Å². The Balaban J connectivity index is 1.89. The van der Waals surface area contributed by atoms with Crippen LogP contribution in [-0.2, 0) is 6.54 Å². The second-order valence-electron chi connectivity index (χ2n) is 5.97. The average Bonchev–Trinajstić information content (AvgIpc) is 2.45. The highest BCUT2D eigenvalue weighted by Crippen LogP contribution is 2.17. The van der Waals surface area contributed by atoms with Crippen molar-refractivity contribution in [3.63, 3.8) is 0 Å². The number of hydrogen-bond acceptors (Lipinski definition) is 4. The molecule has 0 aliphatic carbocycles. The third kappa shape index (κ3) is 4.46. The van der Waals surface area contributed by atoms with Crippen LogP contribution >= 0.6 is 0 Å². The molecular weight excluding hydrogens is 248 g/mol. The molecule has 0 atom stereocenters. The third-order valence-electron chi connectivity index (χ3n) is 3.72. The lowest BCUT2D eigenvalue weighted by Crippen LogP contribution is -2.47. The molecule has 1 aliphatic rings. The molecule has 0 unspecified atom stereocenters. The fourth-order valence-electron chi connectivity index (χ4n) is 2.72. The van der Waals surface area contributed by atoms with Crippen molar-refractivity contribution >= 4 is 5.69 Å². The summed E-state index contributed by atoms with van der Waals surface area (Å²) >= 11 is 0. The lowest BCUT2D eigenvalue weighted by molar-refractivity contribution is 0.231. The van der Waals surface area contributed by atoms with E-state index in [1.54, 1.807) is 0 Å². The number of pyridine rings is 1. The first-order valence-corrected chi connectivity index (χ1v) is 7.82. The van der Waals surface area contributed by atoms with Crippen LogP contribution < -0.4 is 10.2 Å². The Hall–Kier alpha value is -1.13. The molecule has 2 heterocycles. The SMILES string of the molecule is CCNCc1cc(N2CCN(CC(C)C)CC2)ccn1. The third-order valence-corrected chi connectivity index (χ3v) is 3.72. The van der Waals surface area contributed by atoms with E-state index in [9.17, 15) is 0 Å². The molecule has 2 rings (SSSR count). The minimum Gasteiger partial charge on any atom is -0.369 e. The molecule has 4 heteroatoms. The standard InChI is InChI=1S/C16H28N4/c1-4-17-12-15-11-16(5-6-18-15)20-9-7-19(8-10-20)13-14(2)3/h5-6,11,14,17H,4,7-10,12-13H2,1-3H3. The molecule has 0 radical (unpaired) electrons. The summed E-state index contributed by atoms with van der Waals surface area (Å²) in [4.78, 5) is 9.48. The van der Waals surface area contributed by atoms with Gasteiger partial charge in [-0.2, -0.15) is 0 Å². The van der Waals surface area contributed by atoms with Gasteiger partial charge in [-0.1, -0.05) is 20.8 Å². The molecule has 0 aromatic carbocycles. The van der Waals surface area contributed by atoms with Gasteiger partial charge in [0.15, 0.2) is 0 Å². The Labute approximate surface area is 123 Å². The smallest absolute Gasteiger partial charge is 0.0562 e. The molecular formula is C16H28N4. The predicted octanol–water partition coefficient (Wildman–Crippen LogP) is 1.97. The first kappa shape index (κ1) is 15.3. The number of nitrogens with one attached hydrogen (secondary N) is 1. The molecule has 1 aliphatic heterocycles. The molecule has 0 saturated carbocycles. The Bertz CT molecular complexity index is 397. The van der Waals surface area contributed by atoms with Crippen LogP contribution in [0.4, 0.5) is 5.69 Å². The van der Waals surface area contributed by atoms with Crippen molar-refractivity contribution in [1.29, 1.82) is 0 Å². The summed E-state index contributed by atoms with van der Waals surface area (Å²) in [5.41, 5.74) is 2.45. The van der Waals surface area contributed by atoms with Gasteiger partial charge in [-0.05, 0) is 24.6 Å². The van der Waals surface area contributed by atoms with Gasteiger partial charge in [0.1, 0.15) is 0 Å². The number of aromatic nitrogens is 1. The number of anilines is 1. The monoisotopic (exact) mass is 276 g/mol. The molecule has 1 aromatic rings. The molecule has 112 valence electrons. The second-order valence-corrected chi connectivity index (χ2v) is 5.97. The lowest BCUT2D eigenvalue weighted by Gasteiger charge is -2.36. The summed E-state index contributed by atoms with van der Waals surface area (Å²) < 4.78 is 0. The highest BCUT2D eigenvalue weighted by atomic mass is 15.3. The number of hydrogen-bond donors (Lipinski definition) is 1. The summed E-state index contributed by atoms with van der Waals surface area (Å²) in [5, 5.41) is 3.33. The van der Waals surface area contributed by atoms with Crippen molar-refractivity contribution in [2.45, 2.75) is 27.3 Å². The van der Waals surface area contributed by atoms with E-state index in [0.717, 1.165) is 37.8 Å². The van der Waals surface area contributed by atoms with Crippen molar-refractivity contribution < 1.29 is 0 Å². The van der Waals surface area contributed by atoms with E-state index in [1.807, 2.05) is 6.20 Å². The average molecular weight is 276 g/mol. The largest absolute Gasteiger partial charge is 0.369 e. The predicted molar refractivity (Wildman–Crippen MR) is 85.1 cm³/mol. The van der Waals surface area contributed by atoms with Crippen molar-refractivity contribution in [2.24, 2.45) is 5.92 Å². The van der Waals surface area contributed by atoms with Crippen LogP contribution in [0.1, 0.15) is 26.5 Å². The first-order chi connectivity index (χ1) is 9.69. The summed E-state index contributed by atoms with van der Waals surface area (Å²) in [6.07, 6.45) is 1.93. The molecule has 1 fully saturated rings. The first-order valence-electron chi connectivity index (χ1n) is 7.82. The van der Waals surface area contributed by atoms with Gasteiger partial charge in [0.25, 0.3) is 0 Å². The molecule has 1 N–H and O–H groups in total. The number of piperazine rings is 1. The van der Waals surface area contributed by atoms with Gasteiger partial charge in [-0.25, -0.2) is 0 Å². The van der Waals surface area contributed by atoms with E-state index < -0.39 is 0 Å². The van der Waals surface area contributed by atoms with Crippen LogP contribution in [0.2, 0.25) is 0 Å². The molecule has 20 heavy (non-hydrogen) atoms. The summed E-state index contributed by atoms with van der Waals surface area (Å²) in [6, 6.07) is 4.36. The highest BCUT2D eigenvalue weighted by molar-refractivity contribution is 5.47. The van der Waals surface area contributed by atoms with Gasteiger partial charge >= 0.3 is 0 Å². The maximum Gasteiger partial charge on any atom is 0.0562 e. The Morgan fingerprint density at radius 2 is 2.00 bits per heavy atom. The quantitative estimate of drug-likeness (QED) is 0.861. The minimum absolute atomic E-state index is 0.759. The molecule has 1 saturated heterocycles. The van der Waals surface area contributed by atoms with Gasteiger partial charge in [-0.3, -0.25) is 9.88 Å². The number of nitrogens with zero attached hydrogens (tertiary/aromatic N) is 3. The summed E-state index contributed by atoms with van der Waals surface area (Å²) in [5.74, 6) is 0.759. The highest BCUT2D eigenvalue weighted by Gasteiger charge is 2.17. The van der Waals surface area contributed by atoms with E-state index in [0.29, 0.717) is 0 Å². The topological polar surface area (TPSA) is 31.4 Å². The molecule has 0 bridgehead atoms. The summed E-state index contributed by atoms with van der Waals surface area (Å²) in [6.45, 7) is 14.4. The maximum absolute atomic E-state index is 4.43. The molecule has 0 spiro atoms. The zero-order valence-electron chi connectivity index (χ0n) is 13.1. The van der Waals surface area contributed by atoms with Gasteiger partial charge in [0, 0.05) is 51.2 Å². The van der Waals surface area contributed by atoms with Crippen LogP contribution in [0.25, 0.3) is 0 Å². The minimum atomic E-state index is 0.759. The normalized spacial score (nSPS) is 16.9. The Morgan fingerprint density at radius 3 is 2.65 bits per heavy atom. The van der Waals surface area contributed by atoms with Gasteiger partial charge in [0.2, 0.25) is 0 Å². The van der Waals surface area contributed by atoms with Crippen molar-refractivity contribution in [2.75, 3.05) is 44.2 Å². The fraction of sp³-hybridized carbons (Fsp3) is 0.688. The van der Waals surface area contributed by atoms with Crippen molar-refractivity contribution in [3.8, 4) is 0 Å². The molecule has 1 aromatic heterocycles. The second kappa shape index (κ2) is 7.60. The molecule has 4 nitrogen and oxygen atoms in total. The lowest BCUT2D eigenvalue weighted by atomic mass is 10.2. The summed E-state index contributed by atoms with van der Waals surface area (Å²) in [7, 11) is 0. The van der Waals surface area contributed by atoms with Crippen LogP contribution in [0.3, 0.4) is 0 Å². The van der Waals surface area contributed by atoms with Crippen molar-refractivity contribution in [3.05, 3.63) is 24.0 Å². The zero-order chi connectivity index (χ0) is 14.4. The van der Waals surface area contributed by atoms with Crippen LogP contribution in [0, 0.1) is 5.92 Å². The van der Waals surface area contributed by atoms with E-state index in [2.05, 4.69) is 53.0 Å². The van der Waals surface area contributed by atoms with Gasteiger partial charge < -0.3 is 10.2 Å². The Kier molecular flexibility index (Phi) is 5.80.